The topological polar surface area (TPSA) is 26.3 Å². The first kappa shape index (κ1) is 24.0. The predicted octanol–water partition coefficient (Wildman–Crippen LogP) is 4.14. The molecule has 0 aliphatic carbocycles. The van der Waals surface area contributed by atoms with Crippen LogP contribution in [0.2, 0.25) is 0 Å². The first-order valence-corrected chi connectivity index (χ1v) is 6.34. The Labute approximate surface area is 131 Å². The fourth-order valence-electron chi connectivity index (χ4n) is 1.12. The molecule has 0 aromatic heterocycles. The van der Waals surface area contributed by atoms with Gasteiger partial charge < -0.3 is 4.74 Å². The Hall–Kier alpha value is -1.01. The van der Waals surface area contributed by atoms with Crippen LogP contribution < -0.4 is 0 Å². The maximum atomic E-state index is 13.1. The Bertz CT molecular complexity index is 498. The third-order valence-corrected chi connectivity index (χ3v) is 2.91. The summed E-state index contributed by atoms with van der Waals surface area (Å²) in [5.41, 5.74) is 0. The van der Waals surface area contributed by atoms with Crippen LogP contribution in [0.25, 0.3) is 0 Å². The molecule has 1 unspecified atom stereocenters. The predicted molar refractivity (Wildman–Crippen MR) is 56.3 cm³/mol. The minimum Gasteiger partial charge on any atom is -0.459 e. The zero-order valence-electron chi connectivity index (χ0n) is 11.2. The molecule has 0 aromatic rings. The van der Waals surface area contributed by atoms with Gasteiger partial charge in [-0.3, -0.25) is 4.79 Å². The van der Waals surface area contributed by atoms with Crippen LogP contribution in [0, 0.1) is 0 Å². The zero-order valence-corrected chi connectivity index (χ0v) is 12.4. The number of rotatable bonds is 7. The molecule has 0 aliphatic heterocycles. The molecule has 16 heteroatoms. The number of carbonyl (C=O) groups excluding carboxylic acids is 1. The molecule has 0 saturated carbocycles. The monoisotopic (exact) mass is 424 g/mol. The number of alkyl halides is 13. The summed E-state index contributed by atoms with van der Waals surface area (Å²) in [7, 11) is 1.51. The largest absolute Gasteiger partial charge is 0.460 e. The third-order valence-electron chi connectivity index (χ3n) is 2.58. The summed E-state index contributed by atoms with van der Waals surface area (Å²) >= 11 is 0. The van der Waals surface area contributed by atoms with Gasteiger partial charge in [0.15, 0.2) is 6.61 Å². The summed E-state index contributed by atoms with van der Waals surface area (Å²) in [6.45, 7) is -2.98. The van der Waals surface area contributed by atoms with Crippen molar-refractivity contribution in [1.82, 2.24) is 0 Å². The summed E-state index contributed by atoms with van der Waals surface area (Å²) in [6.07, 6.45) is -8.29. The van der Waals surface area contributed by atoms with E-state index in [-0.39, 0.29) is 0 Å². The molecule has 0 fully saturated rings. The third kappa shape index (κ3) is 3.75. The fourth-order valence-corrected chi connectivity index (χ4v) is 1.24. The standard InChI is InChI=1S/C9H6F13O2P/c10-4(11,2-24-3(23)1-25)5(12,13)6(14,15)7(16,17)8(18,19)9(20,21)22/h1-2,25H2. The average Bonchev–Trinajstić information content (AvgIpc) is 2.42. The second kappa shape index (κ2) is 6.62. The van der Waals surface area contributed by atoms with Crippen molar-refractivity contribution in [1.29, 1.82) is 0 Å². The Morgan fingerprint density at radius 3 is 1.36 bits per heavy atom. The molecule has 0 heterocycles. The molecule has 1 atom stereocenters. The number of esters is 1. The summed E-state index contributed by atoms with van der Waals surface area (Å²) in [6, 6.07) is 0. The van der Waals surface area contributed by atoms with E-state index in [0.717, 1.165) is 0 Å². The van der Waals surface area contributed by atoms with Crippen molar-refractivity contribution in [2.24, 2.45) is 0 Å². The van der Waals surface area contributed by atoms with E-state index in [0.29, 0.717) is 0 Å². The molecule has 0 aliphatic rings. The highest BCUT2D eigenvalue weighted by molar-refractivity contribution is 7.18. The van der Waals surface area contributed by atoms with Crippen LogP contribution in [0.4, 0.5) is 57.1 Å². The van der Waals surface area contributed by atoms with Gasteiger partial charge in [-0.25, -0.2) is 0 Å². The van der Waals surface area contributed by atoms with Crippen molar-refractivity contribution < 1.29 is 66.6 Å². The lowest BCUT2D eigenvalue weighted by Crippen LogP contribution is -2.70. The van der Waals surface area contributed by atoms with Crippen LogP contribution in [-0.2, 0) is 9.53 Å². The molecule has 0 bridgehead atoms. The fraction of sp³-hybridized carbons (Fsp3) is 0.889. The Morgan fingerprint density at radius 1 is 0.680 bits per heavy atom. The van der Waals surface area contributed by atoms with Crippen LogP contribution >= 0.6 is 9.24 Å². The van der Waals surface area contributed by atoms with Gasteiger partial charge in [0.25, 0.3) is 0 Å². The summed E-state index contributed by atoms with van der Waals surface area (Å²) in [5, 5.41) is 0. The number of hydrogen-bond donors (Lipinski definition) is 0. The first-order valence-electron chi connectivity index (χ1n) is 5.52. The normalized spacial score (nSPS) is 15.3. The van der Waals surface area contributed by atoms with Gasteiger partial charge in [0.2, 0.25) is 0 Å². The van der Waals surface area contributed by atoms with Crippen LogP contribution in [0.5, 0.6) is 0 Å². The maximum absolute atomic E-state index is 13.1. The van der Waals surface area contributed by atoms with Crippen LogP contribution in [0.15, 0.2) is 0 Å². The van der Waals surface area contributed by atoms with E-state index in [1.54, 1.807) is 0 Å². The van der Waals surface area contributed by atoms with E-state index in [2.05, 4.69) is 4.74 Å². The lowest BCUT2D eigenvalue weighted by Gasteiger charge is -2.39. The molecule has 0 aromatic carbocycles. The quantitative estimate of drug-likeness (QED) is 0.349. The molecular weight excluding hydrogens is 418 g/mol. The lowest BCUT2D eigenvalue weighted by molar-refractivity contribution is -0.441. The van der Waals surface area contributed by atoms with E-state index in [4.69, 9.17) is 0 Å². The molecule has 2 nitrogen and oxygen atoms in total. The van der Waals surface area contributed by atoms with Gasteiger partial charge in [-0.1, -0.05) is 0 Å². The van der Waals surface area contributed by atoms with Crippen molar-refractivity contribution in [2.75, 3.05) is 12.8 Å². The minimum atomic E-state index is -7.96. The van der Waals surface area contributed by atoms with E-state index in [1.807, 2.05) is 0 Å². The van der Waals surface area contributed by atoms with E-state index >= 15 is 0 Å². The molecule has 25 heavy (non-hydrogen) atoms. The van der Waals surface area contributed by atoms with Crippen LogP contribution in [0.1, 0.15) is 0 Å². The van der Waals surface area contributed by atoms with E-state index in [1.165, 1.54) is 9.24 Å². The van der Waals surface area contributed by atoms with Gasteiger partial charge in [-0.05, 0) is 0 Å². The second-order valence-electron chi connectivity index (χ2n) is 4.36. The van der Waals surface area contributed by atoms with E-state index in [9.17, 15) is 61.9 Å². The van der Waals surface area contributed by atoms with E-state index < -0.39 is 54.5 Å². The second-order valence-corrected chi connectivity index (χ2v) is 4.77. The molecule has 0 saturated heterocycles. The Kier molecular flexibility index (Phi) is 6.35. The zero-order chi connectivity index (χ0) is 20.7. The number of ether oxygens (including phenoxy) is 1. The molecule has 0 rings (SSSR count). The molecule has 0 spiro atoms. The Morgan fingerprint density at radius 2 is 1.04 bits per heavy atom. The summed E-state index contributed by atoms with van der Waals surface area (Å²) in [4.78, 5) is 10.5. The lowest BCUT2D eigenvalue weighted by atomic mass is 9.94. The number of hydrogen-bond acceptors (Lipinski definition) is 2. The molecule has 0 radical (unpaired) electrons. The van der Waals surface area contributed by atoms with Crippen molar-refractivity contribution in [3.05, 3.63) is 0 Å². The van der Waals surface area contributed by atoms with Crippen molar-refractivity contribution in [3.8, 4) is 0 Å². The van der Waals surface area contributed by atoms with Gasteiger partial charge in [0.1, 0.15) is 0 Å². The van der Waals surface area contributed by atoms with Gasteiger partial charge >= 0.3 is 41.8 Å². The maximum Gasteiger partial charge on any atom is 0.460 e. The highest BCUT2D eigenvalue weighted by Crippen LogP contribution is 2.60. The van der Waals surface area contributed by atoms with Gasteiger partial charge in [-0.2, -0.15) is 57.1 Å². The van der Waals surface area contributed by atoms with Gasteiger partial charge in [0, 0.05) is 0 Å². The SMILES string of the molecule is O=C(CP)OCC(F)(F)C(F)(F)C(F)(F)C(F)(F)C(F)(F)C(F)(F)F. The highest BCUT2D eigenvalue weighted by atomic mass is 31.0. The number of halogens is 13. The van der Waals surface area contributed by atoms with Crippen LogP contribution in [-0.4, -0.2) is 54.5 Å². The average molecular weight is 424 g/mol. The van der Waals surface area contributed by atoms with Gasteiger partial charge in [0.05, 0.1) is 6.16 Å². The smallest absolute Gasteiger partial charge is 0.459 e. The molecule has 150 valence electrons. The number of carbonyl (C=O) groups is 1. The minimum absolute atomic E-state index is 0.833. The highest BCUT2D eigenvalue weighted by Gasteiger charge is 2.90. The Balaban J connectivity index is 5.98. The molecular formula is C9H6F13O2P. The molecule has 0 N–H and O–H groups in total. The van der Waals surface area contributed by atoms with Crippen molar-refractivity contribution in [2.45, 2.75) is 35.8 Å². The summed E-state index contributed by atoms with van der Waals surface area (Å²) < 4.78 is 167. The van der Waals surface area contributed by atoms with Crippen LogP contribution in [0.3, 0.4) is 0 Å². The molecule has 0 amide bonds. The van der Waals surface area contributed by atoms with Crippen molar-refractivity contribution >= 4 is 15.2 Å². The van der Waals surface area contributed by atoms with Crippen molar-refractivity contribution in [3.63, 3.8) is 0 Å². The van der Waals surface area contributed by atoms with Gasteiger partial charge in [-0.15, -0.1) is 9.24 Å². The first-order chi connectivity index (χ1) is 10.7. The summed E-state index contributed by atoms with van der Waals surface area (Å²) in [5.74, 6) is -39.2.